The molecule has 186 valence electrons. The number of carbonyl (C=O) groups is 1. The molecule has 8 heteroatoms. The molecule has 0 atom stereocenters. The van der Waals surface area contributed by atoms with Crippen molar-refractivity contribution >= 4 is 39.1 Å². The minimum Gasteiger partial charge on any atom is -0.497 e. The maximum absolute atomic E-state index is 14.0. The van der Waals surface area contributed by atoms with E-state index in [1.807, 2.05) is 31.2 Å². The molecule has 1 aliphatic heterocycles. The van der Waals surface area contributed by atoms with E-state index in [2.05, 4.69) is 18.7 Å². The molecule has 0 bridgehead atoms. The first-order valence-electron chi connectivity index (χ1n) is 12.0. The highest BCUT2D eigenvalue weighted by Crippen LogP contribution is 2.35. The summed E-state index contributed by atoms with van der Waals surface area (Å²) in [6.45, 7) is 8.21. The lowest BCUT2D eigenvalue weighted by Crippen LogP contribution is -2.35. The summed E-state index contributed by atoms with van der Waals surface area (Å²) in [7, 11) is 1.60. The van der Waals surface area contributed by atoms with Crippen LogP contribution in [0.5, 0.6) is 5.75 Å². The van der Waals surface area contributed by atoms with Crippen LogP contribution in [0.15, 0.2) is 58.5 Å². The second-order valence-electron chi connectivity index (χ2n) is 9.31. The molecule has 0 saturated heterocycles. The Bertz CT molecular complexity index is 1470. The smallest absolute Gasteiger partial charge is 0.267 e. The van der Waals surface area contributed by atoms with Gasteiger partial charge in [-0.15, -0.1) is 11.3 Å². The Morgan fingerprint density at radius 1 is 1.14 bits per heavy atom. The van der Waals surface area contributed by atoms with E-state index in [0.717, 1.165) is 46.5 Å². The van der Waals surface area contributed by atoms with Crippen LogP contribution in [0, 0.1) is 6.92 Å². The zero-order chi connectivity index (χ0) is 25.4. The van der Waals surface area contributed by atoms with Crippen LogP contribution >= 0.6 is 23.1 Å². The molecule has 6 nitrogen and oxygen atoms in total. The van der Waals surface area contributed by atoms with Crippen LogP contribution in [0.25, 0.3) is 15.9 Å². The highest BCUT2D eigenvalue weighted by molar-refractivity contribution is 7.99. The van der Waals surface area contributed by atoms with Crippen molar-refractivity contribution in [2.24, 2.45) is 0 Å². The van der Waals surface area contributed by atoms with E-state index in [9.17, 15) is 9.59 Å². The lowest BCUT2D eigenvalue weighted by Gasteiger charge is -2.30. The molecule has 1 aliphatic rings. The zero-order valence-corrected chi connectivity index (χ0v) is 22.5. The SMILES string of the molecule is COc1ccc(C(=O)CSc2nc3sc4c(c3c(=O)n2-c2ccc(C)cc2)CCN(C(C)C)C4)cc1. The number of methoxy groups -OCH3 is 1. The zero-order valence-electron chi connectivity index (χ0n) is 20.9. The van der Waals surface area contributed by atoms with Crippen LogP contribution in [0.1, 0.15) is 40.2 Å². The van der Waals surface area contributed by atoms with Gasteiger partial charge in [0, 0.05) is 29.6 Å². The molecule has 36 heavy (non-hydrogen) atoms. The number of ketones is 1. The topological polar surface area (TPSA) is 64.4 Å². The Hall–Kier alpha value is -2.94. The summed E-state index contributed by atoms with van der Waals surface area (Å²) in [6, 6.07) is 15.4. The van der Waals surface area contributed by atoms with Crippen LogP contribution in [-0.2, 0) is 13.0 Å². The second-order valence-corrected chi connectivity index (χ2v) is 11.3. The maximum atomic E-state index is 14.0. The number of Topliss-reactive ketones (excluding diaryl/α,β-unsaturated/α-hetero) is 1. The van der Waals surface area contributed by atoms with E-state index in [1.54, 1.807) is 47.3 Å². The van der Waals surface area contributed by atoms with Crippen LogP contribution in [0.4, 0.5) is 0 Å². The molecule has 0 N–H and O–H groups in total. The van der Waals surface area contributed by atoms with E-state index < -0.39 is 0 Å². The van der Waals surface area contributed by atoms with Crippen LogP contribution < -0.4 is 10.3 Å². The highest BCUT2D eigenvalue weighted by atomic mass is 32.2. The number of rotatable bonds is 7. The predicted octanol–water partition coefficient (Wildman–Crippen LogP) is 5.51. The first-order chi connectivity index (χ1) is 17.4. The van der Waals surface area contributed by atoms with Crippen molar-refractivity contribution < 1.29 is 9.53 Å². The van der Waals surface area contributed by atoms with Crippen molar-refractivity contribution in [3.8, 4) is 11.4 Å². The number of thioether (sulfide) groups is 1. The van der Waals surface area contributed by atoms with E-state index >= 15 is 0 Å². The van der Waals surface area contributed by atoms with Crippen LogP contribution in [0.3, 0.4) is 0 Å². The van der Waals surface area contributed by atoms with Gasteiger partial charge in [-0.05, 0) is 69.2 Å². The number of ether oxygens (including phenoxy) is 1. The number of benzene rings is 2. The number of hydrogen-bond acceptors (Lipinski definition) is 7. The van der Waals surface area contributed by atoms with Crippen molar-refractivity contribution in [2.45, 2.75) is 44.9 Å². The Labute approximate surface area is 218 Å². The molecule has 0 unspecified atom stereocenters. The lowest BCUT2D eigenvalue weighted by molar-refractivity contribution is 0.102. The fraction of sp³-hybridized carbons (Fsp3) is 0.321. The van der Waals surface area contributed by atoms with Gasteiger partial charge >= 0.3 is 0 Å². The van der Waals surface area contributed by atoms with Gasteiger partial charge in [-0.3, -0.25) is 19.1 Å². The Morgan fingerprint density at radius 3 is 2.53 bits per heavy atom. The molecular formula is C28H29N3O3S2. The first kappa shape index (κ1) is 24.7. The summed E-state index contributed by atoms with van der Waals surface area (Å²) in [4.78, 5) is 36.3. The number of aromatic nitrogens is 2. The summed E-state index contributed by atoms with van der Waals surface area (Å²) >= 11 is 2.92. The molecule has 5 rings (SSSR count). The van der Waals surface area contributed by atoms with Crippen LogP contribution in [-0.4, -0.2) is 45.7 Å². The van der Waals surface area contributed by atoms with Crippen molar-refractivity contribution in [3.63, 3.8) is 0 Å². The molecule has 0 fully saturated rings. The fourth-order valence-electron chi connectivity index (χ4n) is 4.49. The molecule has 0 amide bonds. The molecule has 4 aromatic rings. The largest absolute Gasteiger partial charge is 0.497 e. The van der Waals surface area contributed by atoms with Gasteiger partial charge in [0.25, 0.3) is 5.56 Å². The molecule has 3 heterocycles. The van der Waals surface area contributed by atoms with Gasteiger partial charge in [-0.1, -0.05) is 29.5 Å². The molecule has 2 aromatic carbocycles. The number of nitrogens with zero attached hydrogens (tertiary/aromatic N) is 3. The van der Waals surface area contributed by atoms with E-state index in [4.69, 9.17) is 9.72 Å². The average molecular weight is 520 g/mol. The summed E-state index contributed by atoms with van der Waals surface area (Å²) in [5.74, 6) is 0.866. The predicted molar refractivity (Wildman–Crippen MR) is 147 cm³/mol. The number of fused-ring (bicyclic) bond motifs is 3. The van der Waals surface area contributed by atoms with Crippen molar-refractivity contribution in [1.82, 2.24) is 14.5 Å². The molecule has 0 aliphatic carbocycles. The highest BCUT2D eigenvalue weighted by Gasteiger charge is 2.26. The Balaban J connectivity index is 1.55. The summed E-state index contributed by atoms with van der Waals surface area (Å²) < 4.78 is 6.87. The molecule has 0 saturated carbocycles. The molecule has 0 spiro atoms. The minimum atomic E-state index is -0.0567. The number of aryl methyl sites for hydroxylation is 1. The fourth-order valence-corrected chi connectivity index (χ4v) is 6.69. The third-order valence-electron chi connectivity index (χ3n) is 6.64. The Kier molecular flexibility index (Phi) is 7.01. The van der Waals surface area contributed by atoms with Gasteiger partial charge in [0.1, 0.15) is 10.6 Å². The second kappa shape index (κ2) is 10.2. The third kappa shape index (κ3) is 4.73. The standard InChI is InChI=1S/C28H29N3O3S2/c1-17(2)30-14-13-22-24(15-30)36-26-25(22)27(33)31(20-9-5-18(3)6-10-20)28(29-26)35-16-23(32)19-7-11-21(34-4)12-8-19/h5-12,17H,13-16H2,1-4H3. The maximum Gasteiger partial charge on any atom is 0.267 e. The molecule has 0 radical (unpaired) electrons. The van der Waals surface area contributed by atoms with Crippen molar-refractivity contribution in [1.29, 1.82) is 0 Å². The average Bonchev–Trinajstić information content (AvgIpc) is 3.26. The van der Waals surface area contributed by atoms with E-state index in [0.29, 0.717) is 22.5 Å². The minimum absolute atomic E-state index is 0.0227. The molecule has 2 aromatic heterocycles. The van der Waals surface area contributed by atoms with Crippen molar-refractivity contribution in [3.05, 3.63) is 80.5 Å². The number of hydrogen-bond donors (Lipinski definition) is 0. The van der Waals surface area contributed by atoms with Gasteiger partial charge in [-0.25, -0.2) is 4.98 Å². The van der Waals surface area contributed by atoms with Crippen molar-refractivity contribution in [2.75, 3.05) is 19.4 Å². The van der Waals surface area contributed by atoms with Gasteiger partial charge in [0.15, 0.2) is 10.9 Å². The number of thiophene rings is 1. The van der Waals surface area contributed by atoms with Gasteiger partial charge < -0.3 is 4.74 Å². The Morgan fingerprint density at radius 2 is 1.86 bits per heavy atom. The molecular weight excluding hydrogens is 490 g/mol. The normalized spacial score (nSPS) is 13.8. The van der Waals surface area contributed by atoms with E-state index in [-0.39, 0.29) is 17.1 Å². The van der Waals surface area contributed by atoms with Gasteiger partial charge in [0.05, 0.1) is 23.9 Å². The monoisotopic (exact) mass is 519 g/mol. The summed E-state index contributed by atoms with van der Waals surface area (Å²) in [5.41, 5.74) is 3.56. The van der Waals surface area contributed by atoms with Gasteiger partial charge in [-0.2, -0.15) is 0 Å². The lowest BCUT2D eigenvalue weighted by atomic mass is 10.0. The number of carbonyl (C=O) groups excluding carboxylic acids is 1. The summed E-state index contributed by atoms with van der Waals surface area (Å²) in [5, 5.41) is 1.27. The van der Waals surface area contributed by atoms with E-state index in [1.165, 1.54) is 16.6 Å². The van der Waals surface area contributed by atoms with Gasteiger partial charge in [0.2, 0.25) is 0 Å². The summed E-state index contributed by atoms with van der Waals surface area (Å²) in [6.07, 6.45) is 0.848. The third-order valence-corrected chi connectivity index (χ3v) is 8.69. The van der Waals surface area contributed by atoms with Crippen LogP contribution in [0.2, 0.25) is 0 Å². The first-order valence-corrected chi connectivity index (χ1v) is 13.8. The quantitative estimate of drug-likeness (QED) is 0.182.